The van der Waals surface area contributed by atoms with Gasteiger partial charge in [-0.3, -0.25) is 0 Å². The minimum absolute atomic E-state index is 0.369. The maximum atomic E-state index is 13.3. The summed E-state index contributed by atoms with van der Waals surface area (Å²) in [7, 11) is 0. The van der Waals surface area contributed by atoms with E-state index < -0.39 is 11.6 Å². The molecule has 3 nitrogen and oxygen atoms in total. The molecule has 2 aromatic rings. The number of hydrogen-bond donors (Lipinski definition) is 1. The zero-order valence-electron chi connectivity index (χ0n) is 7.98. The Hall–Kier alpha value is -1.21. The van der Waals surface area contributed by atoms with Crippen molar-refractivity contribution < 1.29 is 8.78 Å². The minimum Gasteiger partial charge on any atom is -0.388 e. The van der Waals surface area contributed by atoms with Crippen LogP contribution in [0.15, 0.2) is 23.1 Å². The van der Waals surface area contributed by atoms with Gasteiger partial charge in [0.1, 0.15) is 22.3 Å². The normalized spacial score (nSPS) is 10.6. The average molecular weight is 259 g/mol. The van der Waals surface area contributed by atoms with Crippen LogP contribution in [-0.2, 0) is 5.75 Å². The lowest BCUT2D eigenvalue weighted by Gasteiger charge is -2.01. The van der Waals surface area contributed by atoms with Crippen molar-refractivity contribution in [3.63, 3.8) is 0 Å². The number of aromatic nitrogens is 2. The molecular formula is C9H7F2N3S2. The van der Waals surface area contributed by atoms with Gasteiger partial charge in [-0.25, -0.2) is 8.78 Å². The number of benzene rings is 1. The summed E-state index contributed by atoms with van der Waals surface area (Å²) >= 11 is 2.31. The van der Waals surface area contributed by atoms with Gasteiger partial charge in [-0.15, -0.1) is 16.9 Å². The summed E-state index contributed by atoms with van der Waals surface area (Å²) in [5.74, 6) is -0.742. The quantitative estimate of drug-likeness (QED) is 0.861. The second-order valence-corrected chi connectivity index (χ2v) is 4.75. The van der Waals surface area contributed by atoms with Gasteiger partial charge in [-0.05, 0) is 12.1 Å². The van der Waals surface area contributed by atoms with Gasteiger partial charge < -0.3 is 5.73 Å². The standard InChI is InChI=1S/C9H7F2N3S2/c10-5-1-2-8(6(11)3-5)15-4-7-9(12)16-14-13-7/h1-3H,4,12H2. The Morgan fingerprint density at radius 3 is 2.81 bits per heavy atom. The highest BCUT2D eigenvalue weighted by Crippen LogP contribution is 2.27. The molecule has 2 N–H and O–H groups in total. The van der Waals surface area contributed by atoms with Gasteiger partial charge in [0.25, 0.3) is 0 Å². The second-order valence-electron chi connectivity index (χ2n) is 2.95. The number of rotatable bonds is 3. The summed E-state index contributed by atoms with van der Waals surface area (Å²) in [6.45, 7) is 0. The van der Waals surface area contributed by atoms with Crippen LogP contribution in [0.2, 0.25) is 0 Å². The molecule has 0 aliphatic rings. The summed E-state index contributed by atoms with van der Waals surface area (Å²) in [5.41, 5.74) is 6.22. The molecule has 0 aliphatic carbocycles. The van der Waals surface area contributed by atoms with Crippen molar-refractivity contribution in [3.05, 3.63) is 35.5 Å². The Labute approximate surface area is 98.8 Å². The summed E-state index contributed by atoms with van der Waals surface area (Å²) in [6.07, 6.45) is 0. The molecular weight excluding hydrogens is 252 g/mol. The van der Waals surface area contributed by atoms with Crippen LogP contribution in [0, 0.1) is 11.6 Å². The van der Waals surface area contributed by atoms with Crippen molar-refractivity contribution in [1.82, 2.24) is 9.59 Å². The van der Waals surface area contributed by atoms with E-state index in [0.717, 1.165) is 17.6 Å². The molecule has 0 bridgehead atoms. The zero-order valence-corrected chi connectivity index (χ0v) is 9.62. The fourth-order valence-electron chi connectivity index (χ4n) is 1.05. The number of nitrogens with zero attached hydrogens (tertiary/aromatic N) is 2. The van der Waals surface area contributed by atoms with Crippen LogP contribution in [0.4, 0.5) is 13.8 Å². The molecule has 1 heterocycles. The third-order valence-electron chi connectivity index (χ3n) is 1.84. The first-order valence-corrected chi connectivity index (χ1v) is 6.07. The first kappa shape index (κ1) is 11.3. The van der Waals surface area contributed by atoms with Crippen molar-refractivity contribution >= 4 is 28.3 Å². The fourth-order valence-corrected chi connectivity index (χ4v) is 2.46. The molecule has 16 heavy (non-hydrogen) atoms. The van der Waals surface area contributed by atoms with Gasteiger partial charge in [0.2, 0.25) is 0 Å². The summed E-state index contributed by atoms with van der Waals surface area (Å²) in [6, 6.07) is 3.46. The third-order valence-corrected chi connectivity index (χ3v) is 3.50. The first-order chi connectivity index (χ1) is 7.66. The molecule has 0 amide bonds. The summed E-state index contributed by atoms with van der Waals surface area (Å²) in [5, 5.41) is 4.33. The third kappa shape index (κ3) is 2.48. The Morgan fingerprint density at radius 1 is 1.38 bits per heavy atom. The number of nitrogens with two attached hydrogens (primary N) is 1. The van der Waals surface area contributed by atoms with Crippen LogP contribution in [-0.4, -0.2) is 9.59 Å². The van der Waals surface area contributed by atoms with Gasteiger partial charge >= 0.3 is 0 Å². The molecule has 0 fully saturated rings. The molecule has 0 spiro atoms. The van der Waals surface area contributed by atoms with Gasteiger partial charge in [-0.1, -0.05) is 4.49 Å². The maximum Gasteiger partial charge on any atom is 0.139 e. The van der Waals surface area contributed by atoms with Crippen molar-refractivity contribution in [2.24, 2.45) is 0 Å². The monoisotopic (exact) mass is 259 g/mol. The zero-order chi connectivity index (χ0) is 11.5. The lowest BCUT2D eigenvalue weighted by Crippen LogP contribution is -1.90. The van der Waals surface area contributed by atoms with Crippen molar-refractivity contribution in [2.45, 2.75) is 10.6 Å². The van der Waals surface area contributed by atoms with E-state index in [4.69, 9.17) is 5.73 Å². The number of hydrogen-bond acceptors (Lipinski definition) is 5. The molecule has 0 radical (unpaired) electrons. The number of anilines is 1. The highest BCUT2D eigenvalue weighted by molar-refractivity contribution is 7.98. The van der Waals surface area contributed by atoms with Crippen molar-refractivity contribution in [2.75, 3.05) is 5.73 Å². The first-order valence-electron chi connectivity index (χ1n) is 4.31. The van der Waals surface area contributed by atoms with Crippen LogP contribution in [0.1, 0.15) is 5.69 Å². The highest BCUT2D eigenvalue weighted by Gasteiger charge is 2.08. The summed E-state index contributed by atoms with van der Waals surface area (Å²) < 4.78 is 29.6. The van der Waals surface area contributed by atoms with Crippen molar-refractivity contribution in [3.8, 4) is 0 Å². The van der Waals surface area contributed by atoms with Gasteiger partial charge in [0.15, 0.2) is 0 Å². The van der Waals surface area contributed by atoms with Gasteiger partial charge in [0.05, 0.1) is 0 Å². The van der Waals surface area contributed by atoms with E-state index in [9.17, 15) is 8.78 Å². The lowest BCUT2D eigenvalue weighted by atomic mass is 10.3. The van der Waals surface area contributed by atoms with E-state index in [2.05, 4.69) is 9.59 Å². The molecule has 1 aromatic heterocycles. The Bertz CT molecular complexity index is 501. The van der Waals surface area contributed by atoms with E-state index in [1.807, 2.05) is 0 Å². The minimum atomic E-state index is -0.586. The molecule has 0 saturated carbocycles. The van der Waals surface area contributed by atoms with Crippen LogP contribution >= 0.6 is 23.3 Å². The molecule has 0 aliphatic heterocycles. The topological polar surface area (TPSA) is 51.8 Å². The van der Waals surface area contributed by atoms with E-state index in [-0.39, 0.29) is 0 Å². The van der Waals surface area contributed by atoms with Crippen LogP contribution < -0.4 is 5.73 Å². The van der Waals surface area contributed by atoms with E-state index in [1.165, 1.54) is 23.9 Å². The van der Waals surface area contributed by atoms with Gasteiger partial charge in [-0.2, -0.15) is 0 Å². The Morgan fingerprint density at radius 2 is 2.19 bits per heavy atom. The average Bonchev–Trinajstić information content (AvgIpc) is 2.63. The second kappa shape index (κ2) is 4.75. The van der Waals surface area contributed by atoms with Crippen LogP contribution in [0.5, 0.6) is 0 Å². The largest absolute Gasteiger partial charge is 0.388 e. The predicted octanol–water partition coefficient (Wildman–Crippen LogP) is 2.69. The van der Waals surface area contributed by atoms with Gasteiger partial charge in [0, 0.05) is 28.2 Å². The molecule has 2 rings (SSSR count). The number of thioether (sulfide) groups is 1. The molecule has 0 unspecified atom stereocenters. The molecule has 1 aromatic carbocycles. The summed E-state index contributed by atoms with van der Waals surface area (Å²) in [4.78, 5) is 0.369. The van der Waals surface area contributed by atoms with Crippen LogP contribution in [0.3, 0.4) is 0 Å². The molecule has 0 saturated heterocycles. The maximum absolute atomic E-state index is 13.3. The predicted molar refractivity (Wildman–Crippen MR) is 60.2 cm³/mol. The molecule has 84 valence electrons. The van der Waals surface area contributed by atoms with Crippen LogP contribution in [0.25, 0.3) is 0 Å². The number of halogens is 2. The van der Waals surface area contributed by atoms with E-state index in [1.54, 1.807) is 0 Å². The highest BCUT2D eigenvalue weighted by atomic mass is 32.2. The fraction of sp³-hybridized carbons (Fsp3) is 0.111. The van der Waals surface area contributed by atoms with Crippen molar-refractivity contribution in [1.29, 1.82) is 0 Å². The Kier molecular flexibility index (Phi) is 3.35. The SMILES string of the molecule is Nc1snnc1CSc1ccc(F)cc1F. The Balaban J connectivity index is 2.08. The van der Waals surface area contributed by atoms with E-state index >= 15 is 0 Å². The molecule has 0 atom stereocenters. The molecule has 7 heteroatoms. The smallest absolute Gasteiger partial charge is 0.139 e. The lowest BCUT2D eigenvalue weighted by molar-refractivity contribution is 0.565. The number of nitrogen functional groups attached to an aromatic ring is 1. The van der Waals surface area contributed by atoms with E-state index in [0.29, 0.717) is 21.3 Å².